The summed E-state index contributed by atoms with van der Waals surface area (Å²) in [6.45, 7) is 13.3. The number of benzene rings is 1. The van der Waals surface area contributed by atoms with Gasteiger partial charge in [0.2, 0.25) is 11.8 Å². The lowest BCUT2D eigenvalue weighted by Gasteiger charge is -2.34. The van der Waals surface area contributed by atoms with Crippen LogP contribution in [0.1, 0.15) is 97.2 Å². The fourth-order valence-electron chi connectivity index (χ4n) is 4.01. The van der Waals surface area contributed by atoms with Crippen LogP contribution in [0.2, 0.25) is 0 Å². The molecule has 1 rings (SSSR count). The van der Waals surface area contributed by atoms with Gasteiger partial charge in [-0.25, -0.2) is 4.79 Å². The highest BCUT2D eigenvalue weighted by atomic mass is 16.6. The van der Waals surface area contributed by atoms with Gasteiger partial charge in [-0.15, -0.1) is 0 Å². The number of carbonyl (C=O) groups is 4. The largest absolute Gasteiger partial charge is 0.466 e. The number of amides is 3. The second-order valence-corrected chi connectivity index (χ2v) is 10.4. The van der Waals surface area contributed by atoms with Crippen molar-refractivity contribution in [3.63, 3.8) is 0 Å². The standard InChI is InChI=1S/C29H47N3O6/c1-8-10-11-12-15-20-32(27(35)22(4)31-28(36)38-29(5,6)7)25(23-17-14-13-16-21(23)3)26(34)30-19-18-24(33)37-9-2/h13-14,16-17,22,25H,8-12,15,18-20H2,1-7H3,(H,30,34)(H,31,36). The minimum Gasteiger partial charge on any atom is -0.466 e. The fraction of sp³-hybridized carbons (Fsp3) is 0.655. The Morgan fingerprint density at radius 2 is 1.66 bits per heavy atom. The molecule has 2 N–H and O–H groups in total. The van der Waals surface area contributed by atoms with Crippen molar-refractivity contribution in [1.29, 1.82) is 0 Å². The first-order chi connectivity index (χ1) is 17.9. The van der Waals surface area contributed by atoms with Crippen molar-refractivity contribution in [3.8, 4) is 0 Å². The third-order valence-electron chi connectivity index (χ3n) is 5.87. The van der Waals surface area contributed by atoms with Gasteiger partial charge in [-0.3, -0.25) is 14.4 Å². The van der Waals surface area contributed by atoms with Crippen LogP contribution in [0, 0.1) is 6.92 Å². The number of nitrogens with zero attached hydrogens (tertiary/aromatic N) is 1. The van der Waals surface area contributed by atoms with Gasteiger partial charge in [-0.1, -0.05) is 56.9 Å². The number of aryl methyl sites for hydroxylation is 1. The van der Waals surface area contributed by atoms with E-state index in [9.17, 15) is 19.2 Å². The van der Waals surface area contributed by atoms with Crippen molar-refractivity contribution < 1.29 is 28.7 Å². The first-order valence-electron chi connectivity index (χ1n) is 13.7. The monoisotopic (exact) mass is 533 g/mol. The summed E-state index contributed by atoms with van der Waals surface area (Å²) in [5.41, 5.74) is 0.830. The third-order valence-corrected chi connectivity index (χ3v) is 5.87. The van der Waals surface area contributed by atoms with E-state index in [1.807, 2.05) is 31.2 Å². The summed E-state index contributed by atoms with van der Waals surface area (Å²) in [7, 11) is 0. The van der Waals surface area contributed by atoms with Crippen LogP contribution in [-0.2, 0) is 23.9 Å². The van der Waals surface area contributed by atoms with E-state index in [4.69, 9.17) is 9.47 Å². The number of ether oxygens (including phenoxy) is 2. The van der Waals surface area contributed by atoms with Gasteiger partial charge in [0.05, 0.1) is 13.0 Å². The predicted octanol–water partition coefficient (Wildman–Crippen LogP) is 4.82. The summed E-state index contributed by atoms with van der Waals surface area (Å²) in [6, 6.07) is 5.57. The third kappa shape index (κ3) is 12.0. The summed E-state index contributed by atoms with van der Waals surface area (Å²) >= 11 is 0. The molecular formula is C29H47N3O6. The van der Waals surface area contributed by atoms with Crippen molar-refractivity contribution in [1.82, 2.24) is 15.5 Å². The molecule has 3 amide bonds. The molecule has 2 unspecified atom stereocenters. The zero-order chi connectivity index (χ0) is 28.7. The topological polar surface area (TPSA) is 114 Å². The molecule has 0 spiro atoms. The van der Waals surface area contributed by atoms with Crippen LogP contribution in [0.25, 0.3) is 0 Å². The van der Waals surface area contributed by atoms with Crippen LogP contribution in [0.5, 0.6) is 0 Å². The molecule has 0 heterocycles. The number of hydrogen-bond acceptors (Lipinski definition) is 6. The van der Waals surface area contributed by atoms with E-state index in [1.165, 1.54) is 4.90 Å². The first-order valence-corrected chi connectivity index (χ1v) is 13.7. The van der Waals surface area contributed by atoms with Gasteiger partial charge in [0.15, 0.2) is 0 Å². The molecule has 0 aliphatic carbocycles. The SMILES string of the molecule is CCCCCCCN(C(=O)C(C)NC(=O)OC(C)(C)C)C(C(=O)NCCC(=O)OCC)c1ccccc1C. The average Bonchev–Trinajstić information content (AvgIpc) is 2.82. The number of hydrogen-bond donors (Lipinski definition) is 2. The molecule has 0 fully saturated rings. The number of unbranched alkanes of at least 4 members (excludes halogenated alkanes) is 4. The Bertz CT molecular complexity index is 912. The van der Waals surface area contributed by atoms with Crippen molar-refractivity contribution >= 4 is 23.9 Å². The van der Waals surface area contributed by atoms with Gasteiger partial charge in [0.25, 0.3) is 0 Å². The molecule has 9 nitrogen and oxygen atoms in total. The Morgan fingerprint density at radius 3 is 2.26 bits per heavy atom. The van der Waals surface area contributed by atoms with Crippen molar-refractivity contribution in [3.05, 3.63) is 35.4 Å². The van der Waals surface area contributed by atoms with E-state index in [-0.39, 0.29) is 25.5 Å². The molecule has 0 saturated heterocycles. The van der Waals surface area contributed by atoms with Crippen LogP contribution in [-0.4, -0.2) is 60.1 Å². The summed E-state index contributed by atoms with van der Waals surface area (Å²) in [4.78, 5) is 53.1. The van der Waals surface area contributed by atoms with E-state index >= 15 is 0 Å². The predicted molar refractivity (Wildman–Crippen MR) is 147 cm³/mol. The summed E-state index contributed by atoms with van der Waals surface area (Å²) in [6.07, 6.45) is 4.17. The zero-order valence-electron chi connectivity index (χ0n) is 24.2. The first kappa shape index (κ1) is 32.9. The highest BCUT2D eigenvalue weighted by Crippen LogP contribution is 2.26. The minimum atomic E-state index is -0.931. The molecule has 0 bridgehead atoms. The van der Waals surface area contributed by atoms with E-state index in [0.29, 0.717) is 18.5 Å². The quantitative estimate of drug-likeness (QED) is 0.247. The lowest BCUT2D eigenvalue weighted by atomic mass is 9.97. The Labute approximate surface area is 228 Å². The molecule has 0 aromatic heterocycles. The summed E-state index contributed by atoms with van der Waals surface area (Å²) in [5, 5.41) is 5.42. The van der Waals surface area contributed by atoms with Gasteiger partial charge in [0, 0.05) is 13.1 Å². The van der Waals surface area contributed by atoms with Crippen molar-refractivity contribution in [2.75, 3.05) is 19.7 Å². The fourth-order valence-corrected chi connectivity index (χ4v) is 4.01. The van der Waals surface area contributed by atoms with Crippen LogP contribution in [0.15, 0.2) is 24.3 Å². The molecule has 214 valence electrons. The van der Waals surface area contributed by atoms with E-state index in [2.05, 4.69) is 17.6 Å². The Balaban J connectivity index is 3.25. The Kier molecular flexibility index (Phi) is 14.5. The number of alkyl carbamates (subject to hydrolysis) is 1. The lowest BCUT2D eigenvalue weighted by Crippen LogP contribution is -2.52. The van der Waals surface area contributed by atoms with Crippen LogP contribution >= 0.6 is 0 Å². The summed E-state index contributed by atoms with van der Waals surface area (Å²) < 4.78 is 10.3. The second-order valence-electron chi connectivity index (χ2n) is 10.4. The van der Waals surface area contributed by atoms with Gasteiger partial charge >= 0.3 is 12.1 Å². The minimum absolute atomic E-state index is 0.0294. The van der Waals surface area contributed by atoms with Gasteiger partial charge < -0.3 is 25.0 Å². The van der Waals surface area contributed by atoms with Gasteiger partial charge in [0.1, 0.15) is 17.7 Å². The second kappa shape index (κ2) is 16.7. The maximum atomic E-state index is 13.8. The Morgan fingerprint density at radius 1 is 1.00 bits per heavy atom. The molecule has 9 heteroatoms. The van der Waals surface area contributed by atoms with Crippen LogP contribution < -0.4 is 10.6 Å². The highest BCUT2D eigenvalue weighted by Gasteiger charge is 2.35. The number of rotatable bonds is 15. The number of nitrogens with one attached hydrogen (secondary N) is 2. The summed E-state index contributed by atoms with van der Waals surface area (Å²) in [5.74, 6) is -1.19. The molecule has 0 aliphatic rings. The van der Waals surface area contributed by atoms with Crippen molar-refractivity contribution in [2.45, 2.75) is 105 Å². The molecule has 38 heavy (non-hydrogen) atoms. The van der Waals surface area contributed by atoms with Gasteiger partial charge in [-0.05, 0) is 59.1 Å². The Hall–Kier alpha value is -3.10. The molecule has 2 atom stereocenters. The van der Waals surface area contributed by atoms with Crippen LogP contribution in [0.3, 0.4) is 0 Å². The van der Waals surface area contributed by atoms with E-state index in [1.54, 1.807) is 34.6 Å². The molecule has 1 aromatic rings. The van der Waals surface area contributed by atoms with Crippen LogP contribution in [0.4, 0.5) is 4.79 Å². The van der Waals surface area contributed by atoms with E-state index < -0.39 is 35.7 Å². The molecule has 1 aromatic carbocycles. The maximum Gasteiger partial charge on any atom is 0.408 e. The molecule has 0 radical (unpaired) electrons. The zero-order valence-corrected chi connectivity index (χ0v) is 24.2. The number of carbonyl (C=O) groups excluding carboxylic acids is 4. The number of esters is 1. The highest BCUT2D eigenvalue weighted by molar-refractivity contribution is 5.92. The maximum absolute atomic E-state index is 13.8. The molecule has 0 saturated carbocycles. The molecule has 0 aliphatic heterocycles. The van der Waals surface area contributed by atoms with E-state index in [0.717, 1.165) is 31.2 Å². The van der Waals surface area contributed by atoms with Crippen molar-refractivity contribution in [2.24, 2.45) is 0 Å². The van der Waals surface area contributed by atoms with Gasteiger partial charge in [-0.2, -0.15) is 0 Å². The smallest absolute Gasteiger partial charge is 0.408 e. The average molecular weight is 534 g/mol. The molecular weight excluding hydrogens is 486 g/mol. The lowest BCUT2D eigenvalue weighted by molar-refractivity contribution is -0.144. The normalized spacial score (nSPS) is 12.7.